The molecule has 0 aliphatic heterocycles. The van der Waals surface area contributed by atoms with Crippen LogP contribution in [0.15, 0.2) is 30.6 Å². The SMILES string of the molecule is OC(CCC1CC1)c1cnn2ccccc12. The highest BCUT2D eigenvalue weighted by Gasteiger charge is 2.23. The molecule has 1 aliphatic carbocycles. The number of pyridine rings is 1. The van der Waals surface area contributed by atoms with Gasteiger partial charge in [0.1, 0.15) is 0 Å². The molecular weight excluding hydrogens is 200 g/mol. The second-order valence-electron chi connectivity index (χ2n) is 4.67. The molecule has 2 aromatic rings. The second-order valence-corrected chi connectivity index (χ2v) is 4.67. The van der Waals surface area contributed by atoms with Crippen LogP contribution >= 0.6 is 0 Å². The van der Waals surface area contributed by atoms with Gasteiger partial charge in [-0.2, -0.15) is 5.10 Å². The summed E-state index contributed by atoms with van der Waals surface area (Å²) in [7, 11) is 0. The maximum absolute atomic E-state index is 10.1. The molecule has 1 unspecified atom stereocenters. The average Bonchev–Trinajstić information content (AvgIpc) is 3.04. The van der Waals surface area contributed by atoms with Crippen LogP contribution in [0.4, 0.5) is 0 Å². The fourth-order valence-corrected chi connectivity index (χ4v) is 2.17. The summed E-state index contributed by atoms with van der Waals surface area (Å²) in [6, 6.07) is 5.93. The molecular formula is C13H16N2O. The number of hydrogen-bond donors (Lipinski definition) is 1. The van der Waals surface area contributed by atoms with E-state index in [0.29, 0.717) is 0 Å². The van der Waals surface area contributed by atoms with Crippen LogP contribution in [0, 0.1) is 5.92 Å². The summed E-state index contributed by atoms with van der Waals surface area (Å²) >= 11 is 0. The van der Waals surface area contributed by atoms with E-state index >= 15 is 0 Å². The van der Waals surface area contributed by atoms with E-state index in [-0.39, 0.29) is 6.10 Å². The monoisotopic (exact) mass is 216 g/mol. The number of aliphatic hydroxyl groups is 1. The topological polar surface area (TPSA) is 37.5 Å². The highest BCUT2D eigenvalue weighted by molar-refractivity contribution is 5.54. The van der Waals surface area contributed by atoms with Gasteiger partial charge in [0.15, 0.2) is 0 Å². The molecule has 0 radical (unpaired) electrons. The standard InChI is InChI=1S/C13H16N2O/c16-13(7-6-10-4-5-10)11-9-14-15-8-2-1-3-12(11)15/h1-3,8-10,13,16H,4-7H2. The smallest absolute Gasteiger partial charge is 0.0826 e. The van der Waals surface area contributed by atoms with Crippen LogP contribution in [0.3, 0.4) is 0 Å². The first-order chi connectivity index (χ1) is 7.84. The van der Waals surface area contributed by atoms with Crippen LogP contribution < -0.4 is 0 Å². The van der Waals surface area contributed by atoms with E-state index in [4.69, 9.17) is 0 Å². The number of rotatable bonds is 4. The third-order valence-electron chi connectivity index (χ3n) is 3.36. The van der Waals surface area contributed by atoms with Crippen molar-refractivity contribution >= 4 is 5.52 Å². The van der Waals surface area contributed by atoms with Crippen LogP contribution in [-0.2, 0) is 0 Å². The van der Waals surface area contributed by atoms with Gasteiger partial charge in [-0.25, -0.2) is 4.52 Å². The molecule has 2 aromatic heterocycles. The Bertz CT molecular complexity index is 487. The van der Waals surface area contributed by atoms with E-state index in [2.05, 4.69) is 5.10 Å². The Morgan fingerprint density at radius 1 is 1.44 bits per heavy atom. The van der Waals surface area contributed by atoms with Crippen molar-refractivity contribution < 1.29 is 5.11 Å². The molecule has 1 N–H and O–H groups in total. The lowest BCUT2D eigenvalue weighted by atomic mass is 10.0. The molecule has 3 nitrogen and oxygen atoms in total. The summed E-state index contributed by atoms with van der Waals surface area (Å²) in [6.45, 7) is 0. The first-order valence-electron chi connectivity index (χ1n) is 5.95. The molecule has 16 heavy (non-hydrogen) atoms. The maximum Gasteiger partial charge on any atom is 0.0826 e. The summed E-state index contributed by atoms with van der Waals surface area (Å²) in [5.41, 5.74) is 1.98. The quantitative estimate of drug-likeness (QED) is 0.852. The molecule has 1 fully saturated rings. The van der Waals surface area contributed by atoms with E-state index in [0.717, 1.165) is 29.8 Å². The van der Waals surface area contributed by atoms with Crippen molar-refractivity contribution in [1.82, 2.24) is 9.61 Å². The first kappa shape index (κ1) is 9.85. The molecule has 0 bridgehead atoms. The number of aromatic nitrogens is 2. The molecule has 3 rings (SSSR count). The molecule has 1 aliphatic rings. The van der Waals surface area contributed by atoms with Gasteiger partial charge < -0.3 is 5.11 Å². The predicted molar refractivity (Wildman–Crippen MR) is 62.1 cm³/mol. The van der Waals surface area contributed by atoms with E-state index in [9.17, 15) is 5.11 Å². The number of nitrogens with zero attached hydrogens (tertiary/aromatic N) is 2. The van der Waals surface area contributed by atoms with E-state index in [1.165, 1.54) is 12.8 Å². The van der Waals surface area contributed by atoms with Gasteiger partial charge in [0, 0.05) is 11.8 Å². The zero-order valence-electron chi connectivity index (χ0n) is 9.21. The Morgan fingerprint density at radius 3 is 3.12 bits per heavy atom. The molecule has 0 saturated heterocycles. The van der Waals surface area contributed by atoms with Crippen molar-refractivity contribution in [2.45, 2.75) is 31.8 Å². The Morgan fingerprint density at radius 2 is 2.31 bits per heavy atom. The van der Waals surface area contributed by atoms with Crippen molar-refractivity contribution in [2.75, 3.05) is 0 Å². The van der Waals surface area contributed by atoms with Gasteiger partial charge in [-0.1, -0.05) is 18.9 Å². The molecule has 1 saturated carbocycles. The second kappa shape index (κ2) is 3.91. The lowest BCUT2D eigenvalue weighted by Gasteiger charge is -2.08. The maximum atomic E-state index is 10.1. The first-order valence-corrected chi connectivity index (χ1v) is 5.95. The minimum Gasteiger partial charge on any atom is -0.388 e. The number of aliphatic hydroxyl groups excluding tert-OH is 1. The molecule has 0 spiro atoms. The zero-order valence-corrected chi connectivity index (χ0v) is 9.21. The molecule has 0 amide bonds. The normalized spacial score (nSPS) is 17.8. The Kier molecular flexibility index (Phi) is 2.40. The molecule has 84 valence electrons. The summed E-state index contributed by atoms with van der Waals surface area (Å²) in [5, 5.41) is 14.4. The highest BCUT2D eigenvalue weighted by atomic mass is 16.3. The lowest BCUT2D eigenvalue weighted by molar-refractivity contribution is 0.164. The van der Waals surface area contributed by atoms with Gasteiger partial charge in [0.05, 0.1) is 17.8 Å². The minimum atomic E-state index is -0.361. The Hall–Kier alpha value is -1.35. The molecule has 2 heterocycles. The summed E-state index contributed by atoms with van der Waals surface area (Å²) in [6.07, 6.45) is 8.04. The molecule has 3 heteroatoms. The van der Waals surface area contributed by atoms with Gasteiger partial charge in [-0.05, 0) is 30.9 Å². The zero-order chi connectivity index (χ0) is 11.0. The largest absolute Gasteiger partial charge is 0.388 e. The van der Waals surface area contributed by atoms with Crippen molar-refractivity contribution in [2.24, 2.45) is 5.92 Å². The highest BCUT2D eigenvalue weighted by Crippen LogP contribution is 2.36. The van der Waals surface area contributed by atoms with Gasteiger partial charge >= 0.3 is 0 Å². The van der Waals surface area contributed by atoms with Crippen LogP contribution in [0.25, 0.3) is 5.52 Å². The van der Waals surface area contributed by atoms with Crippen molar-refractivity contribution in [1.29, 1.82) is 0 Å². The third-order valence-corrected chi connectivity index (χ3v) is 3.36. The van der Waals surface area contributed by atoms with Crippen molar-refractivity contribution in [3.05, 3.63) is 36.2 Å². The van der Waals surface area contributed by atoms with E-state index < -0.39 is 0 Å². The fourth-order valence-electron chi connectivity index (χ4n) is 2.17. The van der Waals surface area contributed by atoms with Crippen molar-refractivity contribution in [3.8, 4) is 0 Å². The minimum absolute atomic E-state index is 0.361. The number of hydrogen-bond acceptors (Lipinski definition) is 2. The molecule has 0 aromatic carbocycles. The summed E-state index contributed by atoms with van der Waals surface area (Å²) < 4.78 is 1.82. The van der Waals surface area contributed by atoms with Crippen LogP contribution in [0.2, 0.25) is 0 Å². The van der Waals surface area contributed by atoms with Crippen LogP contribution in [-0.4, -0.2) is 14.7 Å². The van der Waals surface area contributed by atoms with Gasteiger partial charge in [0.25, 0.3) is 0 Å². The summed E-state index contributed by atoms with van der Waals surface area (Å²) in [5.74, 6) is 0.872. The third kappa shape index (κ3) is 1.83. The predicted octanol–water partition coefficient (Wildman–Crippen LogP) is 2.56. The van der Waals surface area contributed by atoms with Gasteiger partial charge in [-0.3, -0.25) is 0 Å². The van der Waals surface area contributed by atoms with Gasteiger partial charge in [-0.15, -0.1) is 0 Å². The average molecular weight is 216 g/mol. The van der Waals surface area contributed by atoms with E-state index in [1.807, 2.05) is 28.9 Å². The van der Waals surface area contributed by atoms with Crippen LogP contribution in [0.1, 0.15) is 37.4 Å². The molecule has 1 atom stereocenters. The Balaban J connectivity index is 1.80. The number of fused-ring (bicyclic) bond motifs is 1. The van der Waals surface area contributed by atoms with E-state index in [1.54, 1.807) is 6.20 Å². The summed E-state index contributed by atoms with van der Waals surface area (Å²) in [4.78, 5) is 0. The Labute approximate surface area is 94.7 Å². The lowest BCUT2D eigenvalue weighted by Crippen LogP contribution is -1.97. The van der Waals surface area contributed by atoms with Gasteiger partial charge in [0.2, 0.25) is 0 Å². The fraction of sp³-hybridized carbons (Fsp3) is 0.462. The van der Waals surface area contributed by atoms with Crippen molar-refractivity contribution in [3.63, 3.8) is 0 Å². The van der Waals surface area contributed by atoms with Crippen LogP contribution in [0.5, 0.6) is 0 Å².